The Morgan fingerprint density at radius 2 is 2.15 bits per heavy atom. The third-order valence-corrected chi connectivity index (χ3v) is 2.67. The average Bonchev–Trinajstić information content (AvgIpc) is 2.30. The SMILES string of the molecule is CN1CCCN(C(=O)CNI)CC1. The Balaban J connectivity index is 2.37. The molecule has 1 saturated heterocycles. The van der Waals surface area contributed by atoms with Crippen molar-refractivity contribution in [2.75, 3.05) is 39.8 Å². The minimum atomic E-state index is 0.213. The number of carbonyl (C=O) groups excluding carboxylic acids is 1. The van der Waals surface area contributed by atoms with E-state index in [1.54, 1.807) is 0 Å². The molecule has 0 aromatic carbocycles. The zero-order chi connectivity index (χ0) is 9.68. The fourth-order valence-corrected chi connectivity index (χ4v) is 1.79. The van der Waals surface area contributed by atoms with Gasteiger partial charge in [-0.3, -0.25) is 8.32 Å². The molecule has 0 aromatic rings. The molecule has 4 nitrogen and oxygen atoms in total. The van der Waals surface area contributed by atoms with Crippen LogP contribution in [0.25, 0.3) is 0 Å². The normalized spacial score (nSPS) is 20.0. The predicted molar refractivity (Wildman–Crippen MR) is 60.7 cm³/mol. The van der Waals surface area contributed by atoms with Crippen LogP contribution in [0.15, 0.2) is 0 Å². The molecule has 0 radical (unpaired) electrons. The Kier molecular flexibility index (Phi) is 4.97. The number of hydrogen-bond donors (Lipinski definition) is 1. The summed E-state index contributed by atoms with van der Waals surface area (Å²) in [5, 5.41) is 0. The van der Waals surface area contributed by atoms with Crippen molar-refractivity contribution in [1.29, 1.82) is 0 Å². The van der Waals surface area contributed by atoms with Crippen molar-refractivity contribution in [3.63, 3.8) is 0 Å². The second-order valence-corrected chi connectivity index (χ2v) is 4.11. The standard InChI is InChI=1S/C8H16IN3O/c1-11-3-2-4-12(6-5-11)8(13)7-10-9/h10H,2-7H2,1H3. The molecule has 1 amide bonds. The summed E-state index contributed by atoms with van der Waals surface area (Å²) in [6, 6.07) is 0. The fourth-order valence-electron chi connectivity index (χ4n) is 1.46. The highest BCUT2D eigenvalue weighted by Gasteiger charge is 2.16. The first-order valence-corrected chi connectivity index (χ1v) is 5.61. The summed E-state index contributed by atoms with van der Waals surface area (Å²) in [6.07, 6.45) is 1.09. The van der Waals surface area contributed by atoms with Crippen LogP contribution in [0.3, 0.4) is 0 Å². The largest absolute Gasteiger partial charge is 0.340 e. The van der Waals surface area contributed by atoms with Crippen LogP contribution in [0, 0.1) is 0 Å². The summed E-state index contributed by atoms with van der Waals surface area (Å²) in [5.41, 5.74) is 0. The Morgan fingerprint density at radius 1 is 1.38 bits per heavy atom. The number of likely N-dealkylation sites (N-methyl/N-ethyl adjacent to an activating group) is 1. The monoisotopic (exact) mass is 297 g/mol. The second kappa shape index (κ2) is 5.77. The molecule has 1 aliphatic heterocycles. The summed E-state index contributed by atoms with van der Waals surface area (Å²) < 4.78 is 2.86. The van der Waals surface area contributed by atoms with E-state index in [0.29, 0.717) is 6.54 Å². The second-order valence-electron chi connectivity index (χ2n) is 3.35. The van der Waals surface area contributed by atoms with E-state index in [0.717, 1.165) is 32.6 Å². The molecule has 0 bridgehead atoms. The maximum atomic E-state index is 11.5. The van der Waals surface area contributed by atoms with E-state index in [2.05, 4.69) is 15.5 Å². The van der Waals surface area contributed by atoms with Crippen LogP contribution in [0.2, 0.25) is 0 Å². The maximum Gasteiger partial charge on any atom is 0.237 e. The minimum absolute atomic E-state index is 0.213. The number of nitrogens with one attached hydrogen (secondary N) is 1. The van der Waals surface area contributed by atoms with Gasteiger partial charge in [-0.2, -0.15) is 0 Å². The van der Waals surface area contributed by atoms with Gasteiger partial charge in [0.1, 0.15) is 0 Å². The highest BCUT2D eigenvalue weighted by atomic mass is 127. The first kappa shape index (κ1) is 11.2. The Bertz CT molecular complexity index is 177. The van der Waals surface area contributed by atoms with Crippen LogP contribution in [0.4, 0.5) is 0 Å². The Morgan fingerprint density at radius 3 is 2.85 bits per heavy atom. The van der Waals surface area contributed by atoms with Gasteiger partial charge in [-0.1, -0.05) is 0 Å². The maximum absolute atomic E-state index is 11.5. The summed E-state index contributed by atoms with van der Waals surface area (Å²) in [6.45, 7) is 4.31. The molecule has 1 fully saturated rings. The molecule has 1 N–H and O–H groups in total. The third-order valence-electron chi connectivity index (χ3n) is 2.29. The molecule has 13 heavy (non-hydrogen) atoms. The molecule has 1 rings (SSSR count). The van der Waals surface area contributed by atoms with Crippen LogP contribution in [-0.2, 0) is 4.79 Å². The zero-order valence-electron chi connectivity index (χ0n) is 7.92. The number of halogens is 1. The van der Waals surface area contributed by atoms with E-state index in [9.17, 15) is 4.79 Å². The van der Waals surface area contributed by atoms with E-state index in [1.807, 2.05) is 27.8 Å². The predicted octanol–water partition coefficient (Wildman–Crippen LogP) is 0.0901. The van der Waals surface area contributed by atoms with E-state index in [-0.39, 0.29) is 5.91 Å². The highest BCUT2D eigenvalue weighted by molar-refractivity contribution is 14.1. The Labute approximate surface area is 93.1 Å². The first-order valence-electron chi connectivity index (χ1n) is 4.54. The molecule has 0 aliphatic carbocycles. The molecule has 0 saturated carbocycles. The molecular formula is C8H16IN3O. The molecule has 5 heteroatoms. The lowest BCUT2D eigenvalue weighted by Gasteiger charge is -2.19. The topological polar surface area (TPSA) is 35.6 Å². The van der Waals surface area contributed by atoms with E-state index in [4.69, 9.17) is 0 Å². The summed E-state index contributed by atoms with van der Waals surface area (Å²) in [4.78, 5) is 15.7. The van der Waals surface area contributed by atoms with Crippen molar-refractivity contribution >= 4 is 28.8 Å². The van der Waals surface area contributed by atoms with E-state index < -0.39 is 0 Å². The quantitative estimate of drug-likeness (QED) is 0.580. The van der Waals surface area contributed by atoms with Crippen molar-refractivity contribution < 1.29 is 4.79 Å². The van der Waals surface area contributed by atoms with Gasteiger partial charge in [-0.25, -0.2) is 0 Å². The van der Waals surface area contributed by atoms with Crippen LogP contribution < -0.4 is 3.53 Å². The van der Waals surface area contributed by atoms with Gasteiger partial charge in [-0.15, -0.1) is 0 Å². The molecule has 0 aromatic heterocycles. The van der Waals surface area contributed by atoms with Crippen molar-refractivity contribution in [3.8, 4) is 0 Å². The molecule has 76 valence electrons. The van der Waals surface area contributed by atoms with Gasteiger partial charge in [0.05, 0.1) is 6.54 Å². The third kappa shape index (κ3) is 3.78. The van der Waals surface area contributed by atoms with E-state index >= 15 is 0 Å². The van der Waals surface area contributed by atoms with Gasteiger partial charge in [0, 0.05) is 42.5 Å². The van der Waals surface area contributed by atoms with Crippen LogP contribution in [0.5, 0.6) is 0 Å². The molecule has 1 heterocycles. The first-order chi connectivity index (χ1) is 6.24. The lowest BCUT2D eigenvalue weighted by Crippen LogP contribution is -2.38. The van der Waals surface area contributed by atoms with Crippen molar-refractivity contribution in [3.05, 3.63) is 0 Å². The van der Waals surface area contributed by atoms with Crippen LogP contribution in [-0.4, -0.2) is 55.5 Å². The number of rotatable bonds is 2. The molecule has 0 unspecified atom stereocenters. The summed E-state index contributed by atoms with van der Waals surface area (Å²) in [5.74, 6) is 0.213. The number of nitrogens with zero attached hydrogens (tertiary/aromatic N) is 2. The zero-order valence-corrected chi connectivity index (χ0v) is 10.1. The average molecular weight is 297 g/mol. The molecule has 0 atom stereocenters. The minimum Gasteiger partial charge on any atom is -0.340 e. The van der Waals surface area contributed by atoms with Gasteiger partial charge in [0.15, 0.2) is 0 Å². The van der Waals surface area contributed by atoms with E-state index in [1.165, 1.54) is 0 Å². The van der Waals surface area contributed by atoms with Crippen LogP contribution >= 0.6 is 22.9 Å². The van der Waals surface area contributed by atoms with Gasteiger partial charge in [0.2, 0.25) is 5.91 Å². The lowest BCUT2D eigenvalue weighted by atomic mass is 10.4. The van der Waals surface area contributed by atoms with Gasteiger partial charge >= 0.3 is 0 Å². The van der Waals surface area contributed by atoms with Crippen molar-refractivity contribution in [2.24, 2.45) is 0 Å². The number of carbonyl (C=O) groups is 1. The lowest BCUT2D eigenvalue weighted by molar-refractivity contribution is -0.129. The smallest absolute Gasteiger partial charge is 0.237 e. The van der Waals surface area contributed by atoms with Gasteiger partial charge in [0.25, 0.3) is 0 Å². The van der Waals surface area contributed by atoms with Crippen molar-refractivity contribution in [1.82, 2.24) is 13.3 Å². The highest BCUT2D eigenvalue weighted by Crippen LogP contribution is 2.00. The molecular weight excluding hydrogens is 281 g/mol. The fraction of sp³-hybridized carbons (Fsp3) is 0.875. The summed E-state index contributed by atoms with van der Waals surface area (Å²) in [7, 11) is 2.10. The summed E-state index contributed by atoms with van der Waals surface area (Å²) >= 11 is 2.00. The molecule has 1 aliphatic rings. The van der Waals surface area contributed by atoms with Crippen LogP contribution in [0.1, 0.15) is 6.42 Å². The van der Waals surface area contributed by atoms with Gasteiger partial charge in [-0.05, 0) is 20.0 Å². The van der Waals surface area contributed by atoms with Gasteiger partial charge < -0.3 is 9.80 Å². The number of amides is 1. The number of hydrogen-bond acceptors (Lipinski definition) is 3. The van der Waals surface area contributed by atoms with Crippen molar-refractivity contribution in [2.45, 2.75) is 6.42 Å². The Hall–Kier alpha value is 0.120. The molecule has 0 spiro atoms.